The fourth-order valence-electron chi connectivity index (χ4n) is 17.1. The molecular weight excluding hydrogens is 1910 g/mol. The first-order chi connectivity index (χ1) is 69.6. The van der Waals surface area contributed by atoms with Crippen LogP contribution in [0.1, 0.15) is 102 Å². The Labute approximate surface area is 846 Å². The van der Waals surface area contributed by atoms with Crippen molar-refractivity contribution in [2.24, 2.45) is 0 Å². The molecule has 144 heavy (non-hydrogen) atoms. The van der Waals surface area contributed by atoms with E-state index in [2.05, 4.69) is 101 Å². The van der Waals surface area contributed by atoms with E-state index >= 15 is 0 Å². The molecule has 30 nitrogen and oxygen atoms in total. The van der Waals surface area contributed by atoms with Gasteiger partial charge in [-0.3, -0.25) is 25.0 Å². The summed E-state index contributed by atoms with van der Waals surface area (Å²) in [5.74, 6) is 4.22. The number of hydrogen-bond donors (Lipinski definition) is 4. The molecule has 744 valence electrons. The highest BCUT2D eigenvalue weighted by molar-refractivity contribution is 7.93. The number of alkyl halides is 3. The minimum Gasteiger partial charge on any atom is -0.497 e. The second-order valence-electron chi connectivity index (χ2n) is 32.8. The van der Waals surface area contributed by atoms with E-state index in [-0.39, 0.29) is 48.7 Å². The van der Waals surface area contributed by atoms with E-state index in [0.29, 0.717) is 94.5 Å². The Balaban J connectivity index is 0.000000160. The summed E-state index contributed by atoms with van der Waals surface area (Å²) < 4.78 is 118. The van der Waals surface area contributed by atoms with Crippen LogP contribution in [0.25, 0.3) is 117 Å². The van der Waals surface area contributed by atoms with Crippen LogP contribution in [0.15, 0.2) is 219 Å². The minimum absolute atomic E-state index is 0.0383. The second-order valence-corrected chi connectivity index (χ2v) is 37.2. The van der Waals surface area contributed by atoms with E-state index in [1.807, 2.05) is 172 Å². The summed E-state index contributed by atoms with van der Waals surface area (Å²) >= 11 is 11.1. The molecule has 1 aliphatic heterocycles. The van der Waals surface area contributed by atoms with Crippen LogP contribution in [0.4, 0.5) is 47.2 Å². The van der Waals surface area contributed by atoms with Gasteiger partial charge < -0.3 is 60.7 Å². The number of ether oxygens (including phenoxy) is 8. The zero-order chi connectivity index (χ0) is 103. The van der Waals surface area contributed by atoms with Gasteiger partial charge in [-0.05, 0) is 191 Å². The normalized spacial score (nSPS) is 11.5. The van der Waals surface area contributed by atoms with Crippen molar-refractivity contribution in [1.82, 2.24) is 22.8 Å². The number of rotatable bonds is 34. The Hall–Kier alpha value is -16.1. The van der Waals surface area contributed by atoms with Gasteiger partial charge in [0.2, 0.25) is 20.0 Å². The third-order valence-corrected chi connectivity index (χ3v) is 26.5. The predicted molar refractivity (Wildman–Crippen MR) is 567 cm³/mol. The summed E-state index contributed by atoms with van der Waals surface area (Å²) in [4.78, 5) is 36.7. The number of methoxy groups -OCH3 is 4. The maximum Gasteiger partial charge on any atom is 0.414 e. The monoisotopic (exact) mass is 2020 g/mol. The molecular formula is C109H110Cl2FN15O15S2. The van der Waals surface area contributed by atoms with E-state index in [9.17, 15) is 61.9 Å². The van der Waals surface area contributed by atoms with Crippen LogP contribution in [0.3, 0.4) is 0 Å². The fourth-order valence-corrected chi connectivity index (χ4v) is 19.7. The van der Waals surface area contributed by atoms with Crippen LogP contribution in [-0.4, -0.2) is 149 Å². The summed E-state index contributed by atoms with van der Waals surface area (Å²) in [6, 6.07) is 76.3. The van der Waals surface area contributed by atoms with Gasteiger partial charge >= 0.3 is 18.3 Å². The summed E-state index contributed by atoms with van der Waals surface area (Å²) in [6.07, 6.45) is 2.85. The van der Waals surface area contributed by atoms with Gasteiger partial charge in [0, 0.05) is 135 Å². The molecule has 1 saturated heterocycles. The number of nitrogens with one attached hydrogen (secondary N) is 4. The Morgan fingerprint density at radius 2 is 0.826 bits per heavy atom. The lowest BCUT2D eigenvalue weighted by Gasteiger charge is -2.14. The topological polar surface area (TPSA) is 388 Å². The van der Waals surface area contributed by atoms with Crippen molar-refractivity contribution >= 4 is 151 Å². The standard InChI is InChI=1S/C23H23N3O3.C22H22FN3O3.C22H25N3O3S.C21H20ClN3O3S.C21H20ClN3O3/c1-4-25-21-13-18(29-15(2)3)9-10-19(21)20(14-24)22(25)16-5-7-17(8-6-16)26-11-12-28-23(26)27;1-3-11-26-20-13-17(28-2)8-9-18(20)19(14-24)21(26)15-4-6-16(7-5-15)25-22(27)29-12-10-23;1-4-11-25-21-14-18(28-3)9-10-19(21)20(15-23)22(25)16-7-6-8-17(13-16)24-29(26,27)12-5-2;1-3-25-20-13-17(28-2)9-10-18(20)19(14-23)21(25)15-5-7-16(8-6-15)24-29(26,27)12-4-11-22;1-3-25-19-12-16(27-2)8-9-17(19)18(13-23)20(25)14-4-6-15(7-5-14)24-21(26)28-11-10-22/h5-10,13,15H,4,11-12H2,1-3H3;4-9,13H,3,10-12H2,1-2H3,(H,25,27);6-10,13-14,24H,4-5,11-12H2,1-3H3;3,5-10,13,24H,1,4,11-12H2,2H3;4-9,12H,3,10-11H2,1-2H3,(H,24,26). The zero-order valence-corrected chi connectivity index (χ0v) is 84.7. The van der Waals surface area contributed by atoms with Crippen LogP contribution < -0.4 is 48.7 Å². The van der Waals surface area contributed by atoms with E-state index in [1.165, 1.54) is 0 Å². The molecule has 0 unspecified atom stereocenters. The maximum atomic E-state index is 12.2. The van der Waals surface area contributed by atoms with Gasteiger partial charge in [-0.15, -0.1) is 23.2 Å². The van der Waals surface area contributed by atoms with Crippen molar-refractivity contribution in [3.63, 3.8) is 0 Å². The number of carbonyl (C=O) groups is 3. The molecule has 0 bridgehead atoms. The van der Waals surface area contributed by atoms with E-state index < -0.39 is 38.9 Å². The SMILES string of the molecule is C=Cn1c(-c2ccc(NS(=O)(=O)CCCCl)cc2)c(C#N)c2ccc(OC)cc21.CCCn1c(-c2ccc(NC(=O)OCCF)cc2)c(C#N)c2ccc(OC)cc21.CCCn1c(-c2cccc(NS(=O)(=O)CCC)c2)c(C#N)c2ccc(OC)cc21.CCn1c(-c2ccc(N3CCOC3=O)cc2)c(C#N)c2ccc(OC(C)C)cc21.CCn1c(-c2ccc(NC(=O)OCCCl)cc2)c(C#N)c2ccc(OC)cc21. The number of carbonyl (C=O) groups excluding carboxylic acids is 3. The zero-order valence-electron chi connectivity index (χ0n) is 81.6. The molecule has 4 N–H and O–H groups in total. The number of amides is 3. The second kappa shape index (κ2) is 49.8. The van der Waals surface area contributed by atoms with Crippen molar-refractivity contribution in [3.8, 4) is 115 Å². The number of hydrogen-bond acceptors (Lipinski definition) is 20. The third-order valence-electron chi connectivity index (χ3n) is 23.2. The van der Waals surface area contributed by atoms with Gasteiger partial charge in [0.05, 0.1) is 142 Å². The number of halogens is 3. The summed E-state index contributed by atoms with van der Waals surface area (Å²) in [6.45, 7) is 20.9. The molecule has 0 radical (unpaired) electrons. The lowest BCUT2D eigenvalue weighted by Crippen LogP contribution is -2.23. The van der Waals surface area contributed by atoms with Crippen LogP contribution in [0.5, 0.6) is 28.7 Å². The first-order valence-electron chi connectivity index (χ1n) is 46.5. The van der Waals surface area contributed by atoms with Crippen molar-refractivity contribution in [2.75, 3.05) is 110 Å². The van der Waals surface area contributed by atoms with E-state index in [1.54, 1.807) is 112 Å². The maximum absolute atomic E-state index is 12.2. The smallest absolute Gasteiger partial charge is 0.414 e. The van der Waals surface area contributed by atoms with Gasteiger partial charge in [-0.25, -0.2) is 35.6 Å². The average molecular weight is 2020 g/mol. The van der Waals surface area contributed by atoms with Crippen LogP contribution >= 0.6 is 23.2 Å². The first kappa shape index (κ1) is 107. The number of fused-ring (bicyclic) bond motifs is 5. The summed E-state index contributed by atoms with van der Waals surface area (Å²) in [5, 5.41) is 58.7. The molecule has 5 aromatic heterocycles. The van der Waals surface area contributed by atoms with Crippen LogP contribution in [-0.2, 0) is 60.4 Å². The molecule has 16 rings (SSSR count). The number of cyclic esters (lactones) is 1. The first-order valence-corrected chi connectivity index (χ1v) is 50.8. The molecule has 10 aromatic carbocycles. The highest BCUT2D eigenvalue weighted by Gasteiger charge is 2.29. The van der Waals surface area contributed by atoms with Crippen molar-refractivity contribution in [1.29, 1.82) is 26.3 Å². The van der Waals surface area contributed by atoms with Crippen molar-refractivity contribution < 1.29 is 73.5 Å². The highest BCUT2D eigenvalue weighted by Crippen LogP contribution is 2.43. The van der Waals surface area contributed by atoms with Crippen molar-refractivity contribution in [3.05, 3.63) is 247 Å². The van der Waals surface area contributed by atoms with Gasteiger partial charge in [-0.2, -0.15) is 26.3 Å². The lowest BCUT2D eigenvalue weighted by molar-refractivity contribution is 0.152. The lowest BCUT2D eigenvalue weighted by atomic mass is 10.1. The Kier molecular flexibility index (Phi) is 37.0. The number of nitriles is 5. The van der Waals surface area contributed by atoms with Crippen LogP contribution in [0.2, 0.25) is 0 Å². The molecule has 3 amide bonds. The van der Waals surface area contributed by atoms with E-state index in [0.717, 1.165) is 166 Å². The molecule has 1 aliphatic rings. The largest absolute Gasteiger partial charge is 0.497 e. The molecule has 0 aliphatic carbocycles. The fraction of sp³-hybridized carbons (Fsp3) is 0.266. The predicted octanol–water partition coefficient (Wildman–Crippen LogP) is 24.5. The van der Waals surface area contributed by atoms with Gasteiger partial charge in [-0.1, -0.05) is 88.0 Å². The highest BCUT2D eigenvalue weighted by atomic mass is 35.5. The van der Waals surface area contributed by atoms with Crippen LogP contribution in [0, 0.1) is 56.7 Å². The molecule has 0 saturated carbocycles. The Morgan fingerprint density at radius 1 is 0.451 bits per heavy atom. The number of sulfonamides is 2. The number of aromatic nitrogens is 5. The minimum atomic E-state index is -3.45. The van der Waals surface area contributed by atoms with Gasteiger partial charge in [0.15, 0.2) is 0 Å². The number of nitrogens with zero attached hydrogens (tertiary/aromatic N) is 11. The Bertz CT molecular complexity index is 7660. The van der Waals surface area contributed by atoms with E-state index in [4.69, 9.17) is 56.4 Å². The molecule has 0 atom stereocenters. The van der Waals surface area contributed by atoms with Gasteiger partial charge in [0.1, 0.15) is 85.6 Å². The number of aryl methyl sites for hydroxylation is 4. The van der Waals surface area contributed by atoms with Crippen molar-refractivity contribution in [2.45, 2.75) is 106 Å². The van der Waals surface area contributed by atoms with Gasteiger partial charge in [0.25, 0.3) is 0 Å². The molecule has 1 fully saturated rings. The average Bonchev–Trinajstić information content (AvgIpc) is 1.62. The molecule has 15 aromatic rings. The molecule has 0 spiro atoms. The quantitative estimate of drug-likeness (QED) is 0.0215. The third kappa shape index (κ3) is 24.7. The summed E-state index contributed by atoms with van der Waals surface area (Å²) in [7, 11) is -0.403. The number of anilines is 5. The number of benzene rings is 10. The molecule has 35 heteroatoms. The summed E-state index contributed by atoms with van der Waals surface area (Å²) in [5.41, 5.74) is 18.6. The Morgan fingerprint density at radius 3 is 1.22 bits per heavy atom. The molecule has 6 heterocycles.